The SMILES string of the molecule is C=CC(=O)OCC(C)OC(=O)CCC(=O)Oc1ccc(C#Cc2ccc(-c3ccc(CCC)cc3F)cc2)cc1. The molecule has 0 N–H and O–H groups in total. The lowest BCUT2D eigenvalue weighted by atomic mass is 10.0. The van der Waals surface area contributed by atoms with Crippen LogP contribution in [0.2, 0.25) is 0 Å². The molecule has 0 amide bonds. The molecule has 7 heteroatoms. The van der Waals surface area contributed by atoms with Crippen molar-refractivity contribution in [3.05, 3.63) is 102 Å². The van der Waals surface area contributed by atoms with Gasteiger partial charge in [0.2, 0.25) is 0 Å². The molecule has 0 radical (unpaired) electrons. The zero-order chi connectivity index (χ0) is 28.9. The molecule has 1 unspecified atom stereocenters. The number of benzene rings is 3. The summed E-state index contributed by atoms with van der Waals surface area (Å²) >= 11 is 0. The fourth-order valence-electron chi connectivity index (χ4n) is 3.68. The van der Waals surface area contributed by atoms with Gasteiger partial charge in [-0.15, -0.1) is 0 Å². The molecule has 3 rings (SSSR count). The van der Waals surface area contributed by atoms with Crippen molar-refractivity contribution in [2.45, 2.75) is 45.6 Å². The Labute approximate surface area is 233 Å². The number of esters is 3. The summed E-state index contributed by atoms with van der Waals surface area (Å²) in [6.07, 6.45) is 1.85. The molecule has 0 aliphatic heterocycles. The van der Waals surface area contributed by atoms with Crippen molar-refractivity contribution in [2.75, 3.05) is 6.61 Å². The number of halogens is 1. The van der Waals surface area contributed by atoms with Crippen LogP contribution in [0.5, 0.6) is 5.75 Å². The van der Waals surface area contributed by atoms with Crippen molar-refractivity contribution >= 4 is 17.9 Å². The van der Waals surface area contributed by atoms with Gasteiger partial charge in [0.1, 0.15) is 24.3 Å². The molecule has 0 aliphatic carbocycles. The summed E-state index contributed by atoms with van der Waals surface area (Å²) in [4.78, 5) is 35.0. The average molecular weight is 543 g/mol. The Bertz CT molecular complexity index is 1400. The van der Waals surface area contributed by atoms with Crippen LogP contribution in [0, 0.1) is 17.7 Å². The van der Waals surface area contributed by atoms with Crippen LogP contribution in [0.15, 0.2) is 79.4 Å². The third-order valence-electron chi connectivity index (χ3n) is 5.70. The highest BCUT2D eigenvalue weighted by molar-refractivity contribution is 5.81. The van der Waals surface area contributed by atoms with Crippen molar-refractivity contribution in [1.29, 1.82) is 0 Å². The number of hydrogen-bond donors (Lipinski definition) is 0. The summed E-state index contributed by atoms with van der Waals surface area (Å²) in [5, 5.41) is 0. The Kier molecular flexibility index (Phi) is 11.2. The molecule has 206 valence electrons. The van der Waals surface area contributed by atoms with E-state index in [1.54, 1.807) is 37.3 Å². The number of hydrogen-bond acceptors (Lipinski definition) is 6. The van der Waals surface area contributed by atoms with Gasteiger partial charge in [0, 0.05) is 22.8 Å². The second-order valence-corrected chi connectivity index (χ2v) is 9.02. The average Bonchev–Trinajstić information content (AvgIpc) is 2.95. The lowest BCUT2D eigenvalue weighted by Crippen LogP contribution is -2.22. The normalized spacial score (nSPS) is 11.0. The summed E-state index contributed by atoms with van der Waals surface area (Å²) in [6.45, 7) is 6.81. The quantitative estimate of drug-likeness (QED) is 0.124. The molecule has 0 saturated carbocycles. The van der Waals surface area contributed by atoms with Gasteiger partial charge in [-0.25, -0.2) is 9.18 Å². The van der Waals surface area contributed by atoms with E-state index in [0.717, 1.165) is 41.2 Å². The molecule has 0 spiro atoms. The van der Waals surface area contributed by atoms with E-state index in [4.69, 9.17) is 14.2 Å². The lowest BCUT2D eigenvalue weighted by molar-refractivity contribution is -0.156. The van der Waals surface area contributed by atoms with Crippen LogP contribution < -0.4 is 4.74 Å². The monoisotopic (exact) mass is 542 g/mol. The third-order valence-corrected chi connectivity index (χ3v) is 5.70. The predicted molar refractivity (Wildman–Crippen MR) is 150 cm³/mol. The minimum atomic E-state index is -0.648. The van der Waals surface area contributed by atoms with Gasteiger partial charge >= 0.3 is 17.9 Å². The number of aryl methyl sites for hydroxylation is 1. The Morgan fingerprint density at radius 3 is 2.15 bits per heavy atom. The second kappa shape index (κ2) is 15.0. The highest BCUT2D eigenvalue weighted by atomic mass is 19.1. The van der Waals surface area contributed by atoms with Crippen molar-refractivity contribution < 1.29 is 33.0 Å². The summed E-state index contributed by atoms with van der Waals surface area (Å²) in [5.74, 6) is 4.41. The van der Waals surface area contributed by atoms with Crippen molar-refractivity contribution in [2.24, 2.45) is 0 Å². The van der Waals surface area contributed by atoms with Crippen LogP contribution >= 0.6 is 0 Å². The van der Waals surface area contributed by atoms with Gasteiger partial charge in [-0.2, -0.15) is 0 Å². The van der Waals surface area contributed by atoms with E-state index in [-0.39, 0.29) is 25.3 Å². The van der Waals surface area contributed by atoms with Crippen LogP contribution in [0.25, 0.3) is 11.1 Å². The minimum Gasteiger partial charge on any atom is -0.459 e. The van der Waals surface area contributed by atoms with Crippen molar-refractivity contribution in [3.8, 4) is 28.7 Å². The first kappa shape index (κ1) is 29.9. The fourth-order valence-corrected chi connectivity index (χ4v) is 3.68. The van der Waals surface area contributed by atoms with Crippen LogP contribution in [0.3, 0.4) is 0 Å². The van der Waals surface area contributed by atoms with E-state index in [0.29, 0.717) is 11.3 Å². The van der Waals surface area contributed by atoms with Crippen LogP contribution in [0.4, 0.5) is 4.39 Å². The van der Waals surface area contributed by atoms with Gasteiger partial charge in [-0.05, 0) is 66.9 Å². The van der Waals surface area contributed by atoms with Crippen LogP contribution in [-0.4, -0.2) is 30.6 Å². The number of ether oxygens (including phenoxy) is 3. The zero-order valence-corrected chi connectivity index (χ0v) is 22.6. The second-order valence-electron chi connectivity index (χ2n) is 9.02. The van der Waals surface area contributed by atoms with Gasteiger partial charge in [0.15, 0.2) is 0 Å². The summed E-state index contributed by atoms with van der Waals surface area (Å²) < 4.78 is 29.7. The Balaban J connectivity index is 1.48. The maximum atomic E-state index is 14.5. The molecule has 0 fully saturated rings. The van der Waals surface area contributed by atoms with Gasteiger partial charge in [0.05, 0.1) is 12.8 Å². The molecule has 3 aromatic rings. The molecular formula is C33H31FO6. The van der Waals surface area contributed by atoms with E-state index in [9.17, 15) is 18.8 Å². The van der Waals surface area contributed by atoms with Gasteiger partial charge in [0.25, 0.3) is 0 Å². The number of carbonyl (C=O) groups excluding carboxylic acids is 3. The Morgan fingerprint density at radius 2 is 1.55 bits per heavy atom. The fraction of sp³-hybridized carbons (Fsp3) is 0.242. The molecule has 6 nitrogen and oxygen atoms in total. The highest BCUT2D eigenvalue weighted by Gasteiger charge is 2.14. The summed E-state index contributed by atoms with van der Waals surface area (Å²) in [6, 6.07) is 19.4. The first-order valence-electron chi connectivity index (χ1n) is 13.0. The molecular weight excluding hydrogens is 511 g/mol. The predicted octanol–water partition coefficient (Wildman–Crippen LogP) is 6.19. The zero-order valence-electron chi connectivity index (χ0n) is 22.6. The topological polar surface area (TPSA) is 78.9 Å². The van der Waals surface area contributed by atoms with Crippen LogP contribution in [0.1, 0.15) is 49.8 Å². The Morgan fingerprint density at radius 1 is 0.925 bits per heavy atom. The molecule has 0 heterocycles. The largest absolute Gasteiger partial charge is 0.459 e. The standard InChI is InChI=1S/C33H31FO6/c1-4-6-26-13-18-29(30(34)21-26)27-14-9-24(10-15-27)7-8-25-11-16-28(17-12-25)40-33(37)20-19-32(36)39-23(3)22-38-31(35)5-2/h5,9-18,21,23H,2,4,6,19-20,22H2,1,3H3. The van der Waals surface area contributed by atoms with E-state index in [1.165, 1.54) is 0 Å². The van der Waals surface area contributed by atoms with Gasteiger partial charge < -0.3 is 14.2 Å². The van der Waals surface area contributed by atoms with E-state index >= 15 is 0 Å². The molecule has 0 bridgehead atoms. The molecule has 0 aliphatic rings. The molecule has 1 atom stereocenters. The lowest BCUT2D eigenvalue weighted by Gasteiger charge is -2.12. The highest BCUT2D eigenvalue weighted by Crippen LogP contribution is 2.24. The maximum absolute atomic E-state index is 14.5. The summed E-state index contributed by atoms with van der Waals surface area (Å²) in [5.41, 5.74) is 3.83. The van der Waals surface area contributed by atoms with E-state index < -0.39 is 24.0 Å². The first-order chi connectivity index (χ1) is 19.3. The molecule has 3 aromatic carbocycles. The van der Waals surface area contributed by atoms with Crippen molar-refractivity contribution in [1.82, 2.24) is 0 Å². The smallest absolute Gasteiger partial charge is 0.330 e. The number of rotatable bonds is 11. The van der Waals surface area contributed by atoms with Crippen molar-refractivity contribution in [3.63, 3.8) is 0 Å². The number of carbonyl (C=O) groups is 3. The molecule has 0 saturated heterocycles. The summed E-state index contributed by atoms with van der Waals surface area (Å²) in [7, 11) is 0. The Hall–Kier alpha value is -4.70. The van der Waals surface area contributed by atoms with Crippen LogP contribution in [-0.2, 0) is 30.3 Å². The molecule has 0 aromatic heterocycles. The maximum Gasteiger partial charge on any atom is 0.330 e. The molecule has 40 heavy (non-hydrogen) atoms. The minimum absolute atomic E-state index is 0.102. The first-order valence-corrected chi connectivity index (χ1v) is 13.0. The third kappa shape index (κ3) is 9.55. The van der Waals surface area contributed by atoms with Gasteiger partial charge in [-0.3, -0.25) is 9.59 Å². The van der Waals surface area contributed by atoms with E-state index in [1.807, 2.05) is 36.4 Å². The van der Waals surface area contributed by atoms with Gasteiger partial charge in [-0.1, -0.05) is 56.0 Å². The van der Waals surface area contributed by atoms with E-state index in [2.05, 4.69) is 25.3 Å².